The molecule has 110 valence electrons. The first-order chi connectivity index (χ1) is 9.81. The lowest BCUT2D eigenvalue weighted by atomic mass is 10.2. The van der Waals surface area contributed by atoms with Crippen molar-refractivity contribution >= 4 is 38.1 Å². The number of hydrogen-bond acceptors (Lipinski definition) is 5. The standard InChI is InChI=1S/C13H12N2O4S2/c1-8(16)9-3-2-4-10(7-9)21(18,19)15-13-11(12(14)17)5-6-20-13/h2-7,15H,1H3,(H2,14,17). The zero-order valence-electron chi connectivity index (χ0n) is 11.0. The first-order valence-corrected chi connectivity index (χ1v) is 8.18. The number of ketones is 1. The molecule has 1 aromatic carbocycles. The summed E-state index contributed by atoms with van der Waals surface area (Å²) in [5.41, 5.74) is 5.56. The zero-order valence-corrected chi connectivity index (χ0v) is 12.6. The minimum absolute atomic E-state index is 0.0565. The number of amides is 1. The second-order valence-electron chi connectivity index (χ2n) is 4.22. The molecule has 0 aliphatic rings. The van der Waals surface area contributed by atoms with Crippen molar-refractivity contribution in [1.29, 1.82) is 0 Å². The monoisotopic (exact) mass is 324 g/mol. The maximum atomic E-state index is 12.3. The number of sulfonamides is 1. The molecule has 0 spiro atoms. The number of primary amides is 1. The Hall–Kier alpha value is -2.19. The smallest absolute Gasteiger partial charge is 0.262 e. The number of carbonyl (C=O) groups is 2. The maximum Gasteiger partial charge on any atom is 0.262 e. The molecular weight excluding hydrogens is 312 g/mol. The number of hydrogen-bond donors (Lipinski definition) is 2. The fourth-order valence-electron chi connectivity index (χ4n) is 1.65. The van der Waals surface area contributed by atoms with Crippen molar-refractivity contribution in [2.75, 3.05) is 4.72 Å². The minimum atomic E-state index is -3.89. The minimum Gasteiger partial charge on any atom is -0.366 e. The van der Waals surface area contributed by atoms with E-state index in [9.17, 15) is 18.0 Å². The zero-order chi connectivity index (χ0) is 15.6. The quantitative estimate of drug-likeness (QED) is 0.818. The number of carbonyl (C=O) groups excluding carboxylic acids is 2. The van der Waals surface area contributed by atoms with Gasteiger partial charge in [-0.1, -0.05) is 12.1 Å². The van der Waals surface area contributed by atoms with Gasteiger partial charge in [-0.3, -0.25) is 14.3 Å². The van der Waals surface area contributed by atoms with Gasteiger partial charge in [0.15, 0.2) is 5.78 Å². The third kappa shape index (κ3) is 3.29. The van der Waals surface area contributed by atoms with E-state index < -0.39 is 15.9 Å². The fourth-order valence-corrected chi connectivity index (χ4v) is 3.81. The molecule has 0 atom stereocenters. The summed E-state index contributed by atoms with van der Waals surface area (Å²) < 4.78 is 26.9. The van der Waals surface area contributed by atoms with Gasteiger partial charge in [-0.15, -0.1) is 11.3 Å². The Bertz CT molecular complexity index is 809. The molecule has 0 saturated carbocycles. The lowest BCUT2D eigenvalue weighted by Crippen LogP contribution is -2.17. The van der Waals surface area contributed by atoms with Gasteiger partial charge < -0.3 is 5.73 Å². The topological polar surface area (TPSA) is 106 Å². The Morgan fingerprint density at radius 1 is 1.24 bits per heavy atom. The van der Waals surface area contributed by atoms with E-state index in [1.165, 1.54) is 37.3 Å². The highest BCUT2D eigenvalue weighted by Gasteiger charge is 2.19. The van der Waals surface area contributed by atoms with Gasteiger partial charge in [0, 0.05) is 5.56 Å². The van der Waals surface area contributed by atoms with E-state index >= 15 is 0 Å². The molecule has 6 nitrogen and oxygen atoms in total. The Labute approximate surface area is 125 Å². The number of rotatable bonds is 5. The molecule has 0 fully saturated rings. The summed E-state index contributed by atoms with van der Waals surface area (Å²) in [6.07, 6.45) is 0. The number of benzene rings is 1. The highest BCUT2D eigenvalue weighted by atomic mass is 32.2. The summed E-state index contributed by atoms with van der Waals surface area (Å²) in [5, 5.41) is 1.71. The molecule has 1 heterocycles. The second kappa shape index (κ2) is 5.66. The van der Waals surface area contributed by atoms with Gasteiger partial charge in [0.05, 0.1) is 10.5 Å². The average Bonchev–Trinajstić information content (AvgIpc) is 2.86. The first-order valence-electron chi connectivity index (χ1n) is 5.82. The fraction of sp³-hybridized carbons (Fsp3) is 0.0769. The van der Waals surface area contributed by atoms with E-state index in [1.807, 2.05) is 0 Å². The van der Waals surface area contributed by atoms with Gasteiger partial charge in [0.2, 0.25) is 0 Å². The predicted molar refractivity (Wildman–Crippen MR) is 80.1 cm³/mol. The number of nitrogens with two attached hydrogens (primary N) is 1. The van der Waals surface area contributed by atoms with Crippen molar-refractivity contribution in [3.63, 3.8) is 0 Å². The summed E-state index contributed by atoms with van der Waals surface area (Å²) in [7, 11) is -3.89. The lowest BCUT2D eigenvalue weighted by Gasteiger charge is -2.08. The van der Waals surface area contributed by atoms with Crippen molar-refractivity contribution in [3.8, 4) is 0 Å². The van der Waals surface area contributed by atoms with Gasteiger partial charge in [-0.25, -0.2) is 8.42 Å². The van der Waals surface area contributed by atoms with Crippen LogP contribution >= 0.6 is 11.3 Å². The van der Waals surface area contributed by atoms with Crippen LogP contribution in [0.3, 0.4) is 0 Å². The SMILES string of the molecule is CC(=O)c1cccc(S(=O)(=O)Nc2sccc2C(N)=O)c1. The van der Waals surface area contributed by atoms with E-state index in [0.717, 1.165) is 11.3 Å². The van der Waals surface area contributed by atoms with Crippen LogP contribution in [0.15, 0.2) is 40.6 Å². The third-order valence-corrected chi connectivity index (χ3v) is 5.02. The van der Waals surface area contributed by atoms with E-state index in [4.69, 9.17) is 5.73 Å². The predicted octanol–water partition coefficient (Wildman–Crippen LogP) is 1.85. The molecule has 8 heteroatoms. The van der Waals surface area contributed by atoms with Crippen LogP contribution in [-0.2, 0) is 10.0 Å². The van der Waals surface area contributed by atoms with Crippen molar-refractivity contribution in [1.82, 2.24) is 0 Å². The van der Waals surface area contributed by atoms with Gasteiger partial charge in [0.1, 0.15) is 5.00 Å². The van der Waals surface area contributed by atoms with Crippen molar-refractivity contribution < 1.29 is 18.0 Å². The van der Waals surface area contributed by atoms with Gasteiger partial charge in [-0.2, -0.15) is 0 Å². The van der Waals surface area contributed by atoms with E-state index in [-0.39, 0.29) is 21.2 Å². The van der Waals surface area contributed by atoms with Crippen LogP contribution < -0.4 is 10.5 Å². The van der Waals surface area contributed by atoms with Crippen molar-refractivity contribution in [2.24, 2.45) is 5.73 Å². The van der Waals surface area contributed by atoms with E-state index in [1.54, 1.807) is 5.38 Å². The van der Waals surface area contributed by atoms with Crippen LogP contribution in [0.4, 0.5) is 5.00 Å². The maximum absolute atomic E-state index is 12.3. The van der Waals surface area contributed by atoms with E-state index in [2.05, 4.69) is 4.72 Å². The molecule has 1 aromatic heterocycles. The van der Waals surface area contributed by atoms with E-state index in [0.29, 0.717) is 5.56 Å². The van der Waals surface area contributed by atoms with Crippen molar-refractivity contribution in [2.45, 2.75) is 11.8 Å². The van der Waals surface area contributed by atoms with Gasteiger partial charge in [-0.05, 0) is 30.5 Å². The Kier molecular flexibility index (Phi) is 4.10. The molecule has 0 radical (unpaired) electrons. The average molecular weight is 324 g/mol. The number of anilines is 1. The Balaban J connectivity index is 2.39. The molecule has 0 aliphatic carbocycles. The molecule has 2 aromatic rings. The molecular formula is C13H12N2O4S2. The van der Waals surface area contributed by atoms with Crippen LogP contribution in [0.5, 0.6) is 0 Å². The molecule has 0 bridgehead atoms. The Morgan fingerprint density at radius 2 is 1.95 bits per heavy atom. The molecule has 1 amide bonds. The summed E-state index contributed by atoms with van der Waals surface area (Å²) in [4.78, 5) is 22.5. The number of nitrogens with one attached hydrogen (secondary N) is 1. The normalized spacial score (nSPS) is 11.1. The number of thiophene rings is 1. The Morgan fingerprint density at radius 3 is 2.57 bits per heavy atom. The van der Waals surface area contributed by atoms with Crippen LogP contribution in [0.25, 0.3) is 0 Å². The van der Waals surface area contributed by atoms with Gasteiger partial charge in [0.25, 0.3) is 15.9 Å². The summed E-state index contributed by atoms with van der Waals surface area (Å²) in [6, 6.07) is 7.10. The van der Waals surface area contributed by atoms with Crippen LogP contribution in [0.2, 0.25) is 0 Å². The highest BCUT2D eigenvalue weighted by molar-refractivity contribution is 7.93. The van der Waals surface area contributed by atoms with Crippen LogP contribution in [-0.4, -0.2) is 20.1 Å². The summed E-state index contributed by atoms with van der Waals surface area (Å²) in [5.74, 6) is -0.951. The lowest BCUT2D eigenvalue weighted by molar-refractivity contribution is 0.0997. The van der Waals surface area contributed by atoms with Crippen LogP contribution in [0, 0.1) is 0 Å². The molecule has 0 saturated heterocycles. The summed E-state index contributed by atoms with van der Waals surface area (Å²) >= 11 is 1.05. The van der Waals surface area contributed by atoms with Crippen LogP contribution in [0.1, 0.15) is 27.6 Å². The molecule has 0 aliphatic heterocycles. The van der Waals surface area contributed by atoms with Gasteiger partial charge >= 0.3 is 0 Å². The molecule has 0 unspecified atom stereocenters. The van der Waals surface area contributed by atoms with Crippen molar-refractivity contribution in [3.05, 3.63) is 46.8 Å². The first kappa shape index (κ1) is 15.2. The second-order valence-corrected chi connectivity index (χ2v) is 6.82. The summed E-state index contributed by atoms with van der Waals surface area (Å²) in [6.45, 7) is 1.35. The third-order valence-electron chi connectivity index (χ3n) is 2.71. The molecule has 3 N–H and O–H groups in total. The number of Topliss-reactive ketones (excluding diaryl/α,β-unsaturated/α-hetero) is 1. The molecule has 21 heavy (non-hydrogen) atoms. The highest BCUT2D eigenvalue weighted by Crippen LogP contribution is 2.26. The largest absolute Gasteiger partial charge is 0.366 e. The molecule has 2 rings (SSSR count).